The van der Waals surface area contributed by atoms with Gasteiger partial charge in [-0.25, -0.2) is 0 Å². The second-order valence-corrected chi connectivity index (χ2v) is 2.69. The van der Waals surface area contributed by atoms with Gasteiger partial charge in [0.05, 0.1) is 0 Å². The van der Waals surface area contributed by atoms with Gasteiger partial charge in [-0.1, -0.05) is 0 Å². The molecular weight excluding hydrogens is 186 g/mol. The molecule has 0 spiro atoms. The molecule has 1 nitrogen and oxygen atoms in total. The van der Waals surface area contributed by atoms with Gasteiger partial charge < -0.3 is 6.15 Å². The van der Waals surface area contributed by atoms with Crippen molar-refractivity contribution in [1.82, 2.24) is 0 Å². The summed E-state index contributed by atoms with van der Waals surface area (Å²) in [5.41, 5.74) is 0. The van der Waals surface area contributed by atoms with Crippen molar-refractivity contribution in [3.05, 3.63) is 6.15 Å². The molecule has 0 saturated heterocycles. The molecule has 0 rings (SSSR count). The molecular formula is H2Cl2NRu-. The first kappa shape index (κ1) is 8.94. The number of rotatable bonds is 0. The molecule has 0 saturated carbocycles. The molecule has 0 bridgehead atoms. The topological polar surface area (TPSA) is 33.5 Å². The van der Waals surface area contributed by atoms with Gasteiger partial charge >= 0.3 is 34.5 Å². The van der Waals surface area contributed by atoms with Crippen LogP contribution < -0.4 is 0 Å². The van der Waals surface area contributed by atoms with E-state index in [4.69, 9.17) is 19.4 Å². The molecule has 30 valence electrons. The van der Waals surface area contributed by atoms with Crippen molar-refractivity contribution in [3.8, 4) is 0 Å². The third-order valence-electron chi connectivity index (χ3n) is 0. The Morgan fingerprint density at radius 1 is 1.25 bits per heavy atom. The number of hydrogen-bond acceptors (Lipinski definition) is 0. The first-order valence-corrected chi connectivity index (χ1v) is 4.74. The van der Waals surface area contributed by atoms with E-state index in [2.05, 4.69) is 0 Å². The van der Waals surface area contributed by atoms with Gasteiger partial charge in [-0.3, -0.25) is 0 Å². The van der Waals surface area contributed by atoms with E-state index in [1.807, 2.05) is 0 Å². The van der Waals surface area contributed by atoms with Crippen molar-refractivity contribution >= 4 is 19.4 Å². The summed E-state index contributed by atoms with van der Waals surface area (Å²) < 4.78 is 0. The second-order valence-electron chi connectivity index (χ2n) is 0.0505. The monoisotopic (exact) mass is 188 g/mol. The Bertz CT molecular complexity index is 6.00. The van der Waals surface area contributed by atoms with Crippen molar-refractivity contribution in [2.75, 3.05) is 0 Å². The minimum absolute atomic E-state index is 0. The zero-order chi connectivity index (χ0) is 2.71. The van der Waals surface area contributed by atoms with Gasteiger partial charge in [0.2, 0.25) is 0 Å². The van der Waals surface area contributed by atoms with Crippen LogP contribution in [0.3, 0.4) is 0 Å². The second kappa shape index (κ2) is 8.90. The van der Waals surface area contributed by atoms with Crippen LogP contribution in [0.15, 0.2) is 0 Å². The fourth-order valence-corrected chi connectivity index (χ4v) is 0. The zero-order valence-corrected chi connectivity index (χ0v) is 4.94. The first-order valence-electron chi connectivity index (χ1n) is 0.267. The van der Waals surface area contributed by atoms with E-state index in [1.165, 1.54) is 0 Å². The molecule has 0 fully saturated rings. The Kier molecular flexibility index (Phi) is 19.9. The Balaban J connectivity index is 0. The quantitative estimate of drug-likeness (QED) is 0.521. The predicted octanol–water partition coefficient (Wildman–Crippen LogP) is 2.09. The van der Waals surface area contributed by atoms with Crippen LogP contribution in [-0.4, -0.2) is 0 Å². The van der Waals surface area contributed by atoms with Crippen LogP contribution in [0.4, 0.5) is 0 Å². The van der Waals surface area contributed by atoms with E-state index >= 15 is 0 Å². The Morgan fingerprint density at radius 3 is 1.25 bits per heavy atom. The van der Waals surface area contributed by atoms with E-state index in [9.17, 15) is 0 Å². The van der Waals surface area contributed by atoms with E-state index in [0.717, 1.165) is 0 Å². The van der Waals surface area contributed by atoms with E-state index in [0.29, 0.717) is 0 Å². The molecule has 0 heterocycles. The predicted molar refractivity (Wildman–Crippen MR) is 17.0 cm³/mol. The maximum absolute atomic E-state index is 4.85. The molecule has 0 aromatic carbocycles. The van der Waals surface area contributed by atoms with Gasteiger partial charge in [0, 0.05) is 0 Å². The van der Waals surface area contributed by atoms with E-state index < -0.39 is 0 Å². The van der Waals surface area contributed by atoms with Crippen LogP contribution in [-0.2, 0) is 15.1 Å². The number of nitrogens with two attached hydrogens (primary N) is 1. The molecule has 0 amide bonds. The molecule has 0 aromatic rings. The molecule has 4 heavy (non-hydrogen) atoms. The third kappa shape index (κ3) is 10.9. The maximum atomic E-state index is 4.85. The molecule has 0 aliphatic heterocycles. The smallest absolute Gasteiger partial charge is 0.693 e. The summed E-state index contributed by atoms with van der Waals surface area (Å²) in [4.78, 5) is 0. The molecule has 4 heteroatoms. The van der Waals surface area contributed by atoms with Gasteiger partial charge in [0.1, 0.15) is 0 Å². The summed E-state index contributed by atoms with van der Waals surface area (Å²) >= 11 is -0.346. The van der Waals surface area contributed by atoms with Crippen molar-refractivity contribution in [2.45, 2.75) is 0 Å². The largest absolute Gasteiger partial charge is 0.693 e. The normalized spacial score (nSPS) is 5.50. The van der Waals surface area contributed by atoms with Crippen LogP contribution >= 0.6 is 19.4 Å². The van der Waals surface area contributed by atoms with Crippen molar-refractivity contribution < 1.29 is 15.1 Å². The standard InChI is InChI=1S/2ClH.H2N.Ru/h2*1H;1H2;/q;;-1;+2/p-2. The Morgan fingerprint density at radius 2 is 1.25 bits per heavy atom. The molecule has 2 N–H and O–H groups in total. The van der Waals surface area contributed by atoms with E-state index in [1.54, 1.807) is 0 Å². The van der Waals surface area contributed by atoms with Crippen molar-refractivity contribution in [3.63, 3.8) is 0 Å². The van der Waals surface area contributed by atoms with Crippen LogP contribution in [0.1, 0.15) is 0 Å². The van der Waals surface area contributed by atoms with E-state index in [-0.39, 0.29) is 21.3 Å². The van der Waals surface area contributed by atoms with Gasteiger partial charge in [-0.15, -0.1) is 0 Å². The van der Waals surface area contributed by atoms with Crippen molar-refractivity contribution in [1.29, 1.82) is 0 Å². The maximum Gasteiger partial charge on any atom is -0.693 e. The Hall–Kier alpha value is 1.16. The summed E-state index contributed by atoms with van der Waals surface area (Å²) in [5, 5.41) is 0. The average molecular weight is 188 g/mol. The third-order valence-corrected chi connectivity index (χ3v) is 0. The molecule has 0 aromatic heterocycles. The first-order chi connectivity index (χ1) is 1.41. The van der Waals surface area contributed by atoms with Crippen molar-refractivity contribution in [2.24, 2.45) is 0 Å². The summed E-state index contributed by atoms with van der Waals surface area (Å²) in [6.07, 6.45) is 0. The summed E-state index contributed by atoms with van der Waals surface area (Å²) in [5.74, 6) is 0. The number of hydrogen-bond donors (Lipinski definition) is 0. The fraction of sp³-hybridized carbons (Fsp3) is 0. The van der Waals surface area contributed by atoms with Gasteiger partial charge in [-0.05, 0) is 0 Å². The van der Waals surface area contributed by atoms with Gasteiger partial charge in [0.15, 0.2) is 0 Å². The summed E-state index contributed by atoms with van der Waals surface area (Å²) in [6.45, 7) is 0. The van der Waals surface area contributed by atoms with Crippen LogP contribution in [0.5, 0.6) is 0 Å². The number of halogens is 2. The zero-order valence-electron chi connectivity index (χ0n) is 1.69. The molecule has 0 aliphatic rings. The minimum atomic E-state index is -0.346. The fourth-order valence-electron chi connectivity index (χ4n) is 0. The van der Waals surface area contributed by atoms with Gasteiger partial charge in [-0.2, -0.15) is 0 Å². The molecule has 0 atom stereocenters. The summed E-state index contributed by atoms with van der Waals surface area (Å²) in [6, 6.07) is 0. The minimum Gasteiger partial charge on any atom is -0.693 e. The molecule has 0 radical (unpaired) electrons. The van der Waals surface area contributed by atoms with Crippen LogP contribution in [0, 0.1) is 0 Å². The molecule has 0 unspecified atom stereocenters. The molecule has 0 aliphatic carbocycles. The van der Waals surface area contributed by atoms with Gasteiger partial charge in [0.25, 0.3) is 0 Å². The van der Waals surface area contributed by atoms with Crippen LogP contribution in [0.2, 0.25) is 0 Å². The van der Waals surface area contributed by atoms with Crippen LogP contribution in [0.25, 0.3) is 6.15 Å². The average Bonchev–Trinajstić information content (AvgIpc) is 0.918. The SMILES string of the molecule is [Cl][Ru][Cl].[NH2-]. The Labute approximate surface area is 40.9 Å². The summed E-state index contributed by atoms with van der Waals surface area (Å²) in [7, 11) is 9.71.